The average molecular weight is 560 g/mol. The Hall–Kier alpha value is -4.28. The minimum Gasteiger partial charge on any atom is -0.489 e. The van der Waals surface area contributed by atoms with Crippen LogP contribution >= 0.6 is 24.0 Å². The Kier molecular flexibility index (Phi) is 7.85. The van der Waals surface area contributed by atoms with Gasteiger partial charge in [-0.3, -0.25) is 14.5 Å². The Labute approximate surface area is 233 Å². The number of thiocarbonyl (C=S) groups is 1. The lowest BCUT2D eigenvalue weighted by Gasteiger charge is -2.12. The molecule has 5 rings (SSSR count). The highest BCUT2D eigenvalue weighted by Gasteiger charge is 2.32. The average Bonchev–Trinajstić information content (AvgIpc) is 3.48. The molecule has 0 radical (unpaired) electrons. The molecule has 1 N–H and O–H groups in total. The second kappa shape index (κ2) is 11.6. The van der Waals surface area contributed by atoms with Crippen LogP contribution in [0.1, 0.15) is 17.5 Å². The number of para-hydroxylation sites is 1. The molecule has 1 aliphatic heterocycles. The summed E-state index contributed by atoms with van der Waals surface area (Å²) in [5.74, 6) is -1.03. The molecular weight excluding hydrogens is 537 g/mol. The number of nitrogens with zero attached hydrogens (tertiary/aromatic N) is 3. The van der Waals surface area contributed by atoms with Crippen LogP contribution < -0.4 is 4.74 Å². The van der Waals surface area contributed by atoms with E-state index in [1.807, 2.05) is 60.8 Å². The first-order chi connectivity index (χ1) is 18.9. The Morgan fingerprint density at radius 2 is 1.85 bits per heavy atom. The van der Waals surface area contributed by atoms with Gasteiger partial charge in [0.15, 0.2) is 0 Å². The smallest absolute Gasteiger partial charge is 0.305 e. The molecule has 0 aliphatic carbocycles. The van der Waals surface area contributed by atoms with Crippen molar-refractivity contribution in [3.8, 4) is 22.7 Å². The van der Waals surface area contributed by atoms with Crippen molar-refractivity contribution in [3.05, 3.63) is 107 Å². The summed E-state index contributed by atoms with van der Waals surface area (Å²) in [5, 5.41) is 13.8. The SMILES string of the molecule is O=C(O)CCN1C(=O)/C(=C/c2cn(-c3ccccc3)nc2-c2cccc(OCc3ccc(F)cc3)c2)SC1=S. The van der Waals surface area contributed by atoms with Gasteiger partial charge in [-0.2, -0.15) is 5.10 Å². The van der Waals surface area contributed by atoms with Crippen LogP contribution in [0, 0.1) is 5.82 Å². The van der Waals surface area contributed by atoms with Crippen LogP contribution in [-0.2, 0) is 16.2 Å². The maximum Gasteiger partial charge on any atom is 0.305 e. The van der Waals surface area contributed by atoms with Gasteiger partial charge in [-0.1, -0.05) is 66.4 Å². The summed E-state index contributed by atoms with van der Waals surface area (Å²) in [6, 6.07) is 23.2. The van der Waals surface area contributed by atoms with Crippen LogP contribution in [0.4, 0.5) is 4.39 Å². The largest absolute Gasteiger partial charge is 0.489 e. The first-order valence-electron chi connectivity index (χ1n) is 12.0. The summed E-state index contributed by atoms with van der Waals surface area (Å²) in [5.41, 5.74) is 3.76. The highest BCUT2D eigenvalue weighted by atomic mass is 32.2. The fraction of sp³-hybridized carbons (Fsp3) is 0.103. The second-order valence-electron chi connectivity index (χ2n) is 8.63. The quantitative estimate of drug-likeness (QED) is 0.201. The molecule has 7 nitrogen and oxygen atoms in total. The van der Waals surface area contributed by atoms with E-state index in [1.165, 1.54) is 17.0 Å². The molecule has 0 spiro atoms. The minimum absolute atomic E-state index is 0.0148. The first-order valence-corrected chi connectivity index (χ1v) is 13.2. The molecule has 0 saturated carbocycles. The van der Waals surface area contributed by atoms with Gasteiger partial charge in [0.2, 0.25) is 0 Å². The molecule has 3 aromatic carbocycles. The van der Waals surface area contributed by atoms with E-state index in [4.69, 9.17) is 27.2 Å². The van der Waals surface area contributed by atoms with Gasteiger partial charge in [-0.25, -0.2) is 9.07 Å². The second-order valence-corrected chi connectivity index (χ2v) is 10.3. The Bertz CT molecular complexity index is 1570. The van der Waals surface area contributed by atoms with Crippen LogP contribution in [0.15, 0.2) is 90.0 Å². The van der Waals surface area contributed by atoms with Gasteiger partial charge in [0, 0.05) is 23.9 Å². The third kappa shape index (κ3) is 6.24. The predicted molar refractivity (Wildman–Crippen MR) is 152 cm³/mol. The molecule has 39 heavy (non-hydrogen) atoms. The van der Waals surface area contributed by atoms with E-state index in [1.54, 1.807) is 22.9 Å². The van der Waals surface area contributed by atoms with Crippen LogP contribution in [0.2, 0.25) is 0 Å². The predicted octanol–water partition coefficient (Wildman–Crippen LogP) is 5.93. The third-order valence-electron chi connectivity index (χ3n) is 5.90. The molecule has 0 unspecified atom stereocenters. The topological polar surface area (TPSA) is 84.7 Å². The maximum atomic E-state index is 13.2. The summed E-state index contributed by atoms with van der Waals surface area (Å²) >= 11 is 6.48. The number of carbonyl (C=O) groups excluding carboxylic acids is 1. The number of carboxylic acids is 1. The molecule has 1 aromatic heterocycles. The molecule has 0 bridgehead atoms. The Morgan fingerprint density at radius 1 is 1.08 bits per heavy atom. The summed E-state index contributed by atoms with van der Waals surface area (Å²) < 4.78 is 21.2. The summed E-state index contributed by atoms with van der Waals surface area (Å²) in [6.07, 6.45) is 3.37. The van der Waals surface area contributed by atoms with E-state index < -0.39 is 5.97 Å². The van der Waals surface area contributed by atoms with Gasteiger partial charge in [0.25, 0.3) is 5.91 Å². The zero-order chi connectivity index (χ0) is 27.4. The standard InChI is InChI=1S/C29H22FN3O4S2/c30-22-11-9-19(10-12-22)18-37-24-8-4-5-20(15-24)27-21(17-33(31-27)23-6-2-1-3-7-23)16-25-28(36)32(29(38)39-25)14-13-26(34)35/h1-12,15-17H,13-14,18H2,(H,34,35)/b25-16-. The highest BCUT2D eigenvalue weighted by molar-refractivity contribution is 8.26. The van der Waals surface area contributed by atoms with Crippen molar-refractivity contribution in [2.24, 2.45) is 0 Å². The van der Waals surface area contributed by atoms with E-state index in [0.29, 0.717) is 26.2 Å². The number of aromatic nitrogens is 2. The summed E-state index contributed by atoms with van der Waals surface area (Å²) in [4.78, 5) is 25.8. The van der Waals surface area contributed by atoms with E-state index >= 15 is 0 Å². The van der Waals surface area contributed by atoms with Gasteiger partial charge in [-0.05, 0) is 48.0 Å². The van der Waals surface area contributed by atoms with Crippen molar-refractivity contribution in [3.63, 3.8) is 0 Å². The molecule has 1 aliphatic rings. The van der Waals surface area contributed by atoms with E-state index in [-0.39, 0.29) is 31.3 Å². The number of amides is 1. The lowest BCUT2D eigenvalue weighted by molar-refractivity contribution is -0.137. The molecule has 1 amide bonds. The Morgan fingerprint density at radius 3 is 2.59 bits per heavy atom. The first kappa shape index (κ1) is 26.3. The van der Waals surface area contributed by atoms with E-state index in [2.05, 4.69) is 0 Å². The minimum atomic E-state index is -0.999. The van der Waals surface area contributed by atoms with Gasteiger partial charge in [0.1, 0.15) is 28.2 Å². The molecule has 0 atom stereocenters. The monoisotopic (exact) mass is 559 g/mol. The summed E-state index contributed by atoms with van der Waals surface area (Å²) in [7, 11) is 0. The Balaban J connectivity index is 1.47. The van der Waals surface area contributed by atoms with E-state index in [9.17, 15) is 14.0 Å². The van der Waals surface area contributed by atoms with Gasteiger partial charge in [0.05, 0.1) is 17.0 Å². The zero-order valence-corrected chi connectivity index (χ0v) is 22.1. The summed E-state index contributed by atoms with van der Waals surface area (Å²) in [6.45, 7) is 0.286. The van der Waals surface area contributed by atoms with Crippen LogP contribution in [-0.4, -0.2) is 42.5 Å². The molecule has 10 heteroatoms. The number of hydrogen-bond donors (Lipinski definition) is 1. The van der Waals surface area contributed by atoms with Gasteiger partial charge < -0.3 is 9.84 Å². The number of thioether (sulfide) groups is 1. The zero-order valence-electron chi connectivity index (χ0n) is 20.5. The number of rotatable bonds is 9. The lowest BCUT2D eigenvalue weighted by atomic mass is 10.1. The molecule has 1 saturated heterocycles. The van der Waals surface area contributed by atoms with Crippen LogP contribution in [0.25, 0.3) is 23.0 Å². The third-order valence-corrected chi connectivity index (χ3v) is 7.28. The fourth-order valence-electron chi connectivity index (χ4n) is 3.95. The van der Waals surface area contributed by atoms with Crippen molar-refractivity contribution in [2.45, 2.75) is 13.0 Å². The maximum absolute atomic E-state index is 13.2. The fourth-order valence-corrected chi connectivity index (χ4v) is 5.25. The van der Waals surface area contributed by atoms with Gasteiger partial charge in [-0.15, -0.1) is 0 Å². The van der Waals surface area contributed by atoms with Crippen molar-refractivity contribution in [1.29, 1.82) is 0 Å². The highest BCUT2D eigenvalue weighted by Crippen LogP contribution is 2.35. The molecule has 1 fully saturated rings. The number of hydrogen-bond acceptors (Lipinski definition) is 6. The van der Waals surface area contributed by atoms with Crippen LogP contribution in [0.3, 0.4) is 0 Å². The molecular formula is C29H22FN3O4S2. The number of ether oxygens (including phenoxy) is 1. The molecule has 2 heterocycles. The normalized spacial score (nSPS) is 14.3. The number of carbonyl (C=O) groups is 2. The molecule has 196 valence electrons. The van der Waals surface area contributed by atoms with Crippen molar-refractivity contribution in [1.82, 2.24) is 14.7 Å². The van der Waals surface area contributed by atoms with Crippen molar-refractivity contribution >= 4 is 46.3 Å². The lowest BCUT2D eigenvalue weighted by Crippen LogP contribution is -2.30. The number of aliphatic carboxylic acids is 1. The number of benzene rings is 3. The number of halogens is 1. The molecule has 4 aromatic rings. The number of carboxylic acid groups (broad SMARTS) is 1. The van der Waals surface area contributed by atoms with E-state index in [0.717, 1.165) is 28.6 Å². The van der Waals surface area contributed by atoms with Crippen LogP contribution in [0.5, 0.6) is 5.75 Å². The van der Waals surface area contributed by atoms with Crippen molar-refractivity contribution in [2.75, 3.05) is 6.54 Å². The van der Waals surface area contributed by atoms with Gasteiger partial charge >= 0.3 is 5.97 Å². The van der Waals surface area contributed by atoms with Crippen molar-refractivity contribution < 1.29 is 23.8 Å².